The van der Waals surface area contributed by atoms with Gasteiger partial charge in [0.15, 0.2) is 17.3 Å². The fourth-order valence-electron chi connectivity index (χ4n) is 9.95. The van der Waals surface area contributed by atoms with Gasteiger partial charge in [-0.2, -0.15) is 0 Å². The topological polar surface area (TPSA) is 107 Å². The lowest BCUT2D eigenvalue weighted by molar-refractivity contribution is 0.103. The highest BCUT2D eigenvalue weighted by molar-refractivity contribution is 6.10. The van der Waals surface area contributed by atoms with Crippen molar-refractivity contribution in [3.8, 4) is 98.8 Å². The molecule has 13 aromatic carbocycles. The zero-order valence-electron chi connectivity index (χ0n) is 53.4. The Hall–Kier alpha value is -13.7. The van der Waals surface area contributed by atoms with E-state index in [4.69, 9.17) is 28.4 Å². The number of methoxy groups -OCH3 is 1. The summed E-state index contributed by atoms with van der Waals surface area (Å²) in [7, 11) is 1.63. The number of hydrogen-bond acceptors (Lipinski definition) is 9. The van der Waals surface area contributed by atoms with E-state index in [1.165, 1.54) is 0 Å². The molecule has 0 aliphatic rings. The molecule has 0 radical (unpaired) electrons. The average molecular weight is 1270 g/mol. The van der Waals surface area contributed by atoms with E-state index in [2.05, 4.69) is 35.5 Å². The molecule has 0 fully saturated rings. The Morgan fingerprint density at radius 3 is 0.704 bits per heavy atom. The summed E-state index contributed by atoms with van der Waals surface area (Å²) in [5.74, 6) is 25.5. The Bertz CT molecular complexity index is 5130. The van der Waals surface area contributed by atoms with Crippen molar-refractivity contribution in [1.82, 2.24) is 0 Å². The smallest absolute Gasteiger partial charge is 0.193 e. The molecule has 0 atom stereocenters. The standard InChI is InChI=1S/C61H40O7.C28H20O2/c1-64-55-14-5-11-44(39-55)21-22-46-13-7-16-57(41-46)66-52-33-25-48(26-34-52)61(63)50-29-37-54(38-30-50)68-59-18-8-17-58(42-59)67-53-35-27-49(28-36-53)60(62)47-23-31-51(32-24-47)65-56-15-6-12-45(40-56)20-19-43-9-3-2-4-10-43;1-21-10-14-24(15-11-21)28(29)25-16-18-26(19-17-25)30-27-9-5-8-23(20-27)13-12-22-6-3-2-4-7-22/h2-18,23-42H,1H3;2-11,14-20H,1H3. The molecule has 13 rings (SSSR count). The van der Waals surface area contributed by atoms with Crippen molar-refractivity contribution >= 4 is 17.3 Å². The minimum Gasteiger partial charge on any atom is -0.497 e. The zero-order valence-corrected chi connectivity index (χ0v) is 53.4. The lowest BCUT2D eigenvalue weighted by atomic mass is 10.0. The normalized spacial score (nSPS) is 10.2. The van der Waals surface area contributed by atoms with Gasteiger partial charge in [-0.25, -0.2) is 0 Å². The van der Waals surface area contributed by atoms with Gasteiger partial charge >= 0.3 is 0 Å². The fraction of sp³-hybridized carbons (Fsp3) is 0.0225. The van der Waals surface area contributed by atoms with Crippen LogP contribution in [0.4, 0.5) is 0 Å². The maximum absolute atomic E-state index is 13.4. The van der Waals surface area contributed by atoms with Gasteiger partial charge in [-0.1, -0.05) is 132 Å². The van der Waals surface area contributed by atoms with E-state index in [9.17, 15) is 14.4 Å². The third-order valence-electron chi connectivity index (χ3n) is 15.1. The molecule has 0 saturated heterocycles. The van der Waals surface area contributed by atoms with Crippen LogP contribution < -0.4 is 28.4 Å². The van der Waals surface area contributed by atoms with Gasteiger partial charge in [-0.05, 0) is 237 Å². The summed E-state index contributed by atoms with van der Waals surface area (Å²) >= 11 is 0. The zero-order chi connectivity index (χ0) is 67.3. The first-order valence-electron chi connectivity index (χ1n) is 31.4. The molecule has 0 aliphatic heterocycles. The second kappa shape index (κ2) is 31.8. The highest BCUT2D eigenvalue weighted by Gasteiger charge is 2.14. The number of rotatable bonds is 17. The van der Waals surface area contributed by atoms with E-state index in [1.807, 2.05) is 219 Å². The molecular formula is C89H60O9. The molecule has 0 aromatic heterocycles. The Morgan fingerprint density at radius 2 is 0.429 bits per heavy atom. The second-order valence-corrected chi connectivity index (χ2v) is 22.3. The quantitative estimate of drug-likeness (QED) is 0.0651. The summed E-state index contributed by atoms with van der Waals surface area (Å²) in [6.45, 7) is 2.00. The number of ketones is 3. The molecule has 0 unspecified atom stereocenters. The van der Waals surface area contributed by atoms with Crippen LogP contribution in [0.2, 0.25) is 0 Å². The maximum atomic E-state index is 13.4. The van der Waals surface area contributed by atoms with Crippen molar-refractivity contribution in [1.29, 1.82) is 0 Å². The summed E-state index contributed by atoms with van der Waals surface area (Å²) in [5, 5.41) is 0. The maximum Gasteiger partial charge on any atom is 0.193 e. The van der Waals surface area contributed by atoms with Gasteiger partial charge in [0.05, 0.1) is 7.11 Å². The Balaban J connectivity index is 0.000000253. The second-order valence-electron chi connectivity index (χ2n) is 22.3. The van der Waals surface area contributed by atoms with E-state index in [0.29, 0.717) is 90.9 Å². The van der Waals surface area contributed by atoms with Crippen LogP contribution in [0.1, 0.15) is 86.7 Å². The third-order valence-corrected chi connectivity index (χ3v) is 15.1. The molecule has 0 spiro atoms. The minimum absolute atomic E-state index is 0.000247. The van der Waals surface area contributed by atoms with Crippen LogP contribution in [0.5, 0.6) is 63.2 Å². The van der Waals surface area contributed by atoms with E-state index in [0.717, 1.165) is 44.7 Å². The number of aryl methyl sites for hydroxylation is 1. The molecule has 0 amide bonds. The molecule has 0 N–H and O–H groups in total. The minimum atomic E-state index is -0.132. The van der Waals surface area contributed by atoms with Crippen molar-refractivity contribution in [3.63, 3.8) is 0 Å². The lowest BCUT2D eigenvalue weighted by Gasteiger charge is -2.10. The van der Waals surface area contributed by atoms with E-state index in [-0.39, 0.29) is 17.3 Å². The van der Waals surface area contributed by atoms with Gasteiger partial charge in [-0.15, -0.1) is 0 Å². The number of carbonyl (C=O) groups excluding carboxylic acids is 3. The Labute approximate surface area is 569 Å². The van der Waals surface area contributed by atoms with E-state index >= 15 is 0 Å². The predicted molar refractivity (Wildman–Crippen MR) is 384 cm³/mol. The van der Waals surface area contributed by atoms with Crippen molar-refractivity contribution in [2.75, 3.05) is 7.11 Å². The first kappa shape index (κ1) is 64.5. The summed E-state index contributed by atoms with van der Waals surface area (Å²) in [6.07, 6.45) is 0. The van der Waals surface area contributed by atoms with Crippen LogP contribution in [-0.4, -0.2) is 24.5 Å². The van der Waals surface area contributed by atoms with E-state index < -0.39 is 0 Å². The predicted octanol–water partition coefficient (Wildman–Crippen LogP) is 20.5. The van der Waals surface area contributed by atoms with Gasteiger partial charge in [-0.3, -0.25) is 14.4 Å². The Morgan fingerprint density at radius 1 is 0.214 bits per heavy atom. The van der Waals surface area contributed by atoms with E-state index in [1.54, 1.807) is 122 Å². The summed E-state index contributed by atoms with van der Waals surface area (Å²) in [5.41, 5.74) is 9.81. The van der Waals surface area contributed by atoms with Gasteiger partial charge in [0.25, 0.3) is 0 Å². The van der Waals surface area contributed by atoms with Crippen LogP contribution in [0.15, 0.2) is 328 Å². The largest absolute Gasteiger partial charge is 0.497 e. The first-order chi connectivity index (χ1) is 48.1. The van der Waals surface area contributed by atoms with Crippen LogP contribution in [0, 0.1) is 42.4 Å². The molecule has 98 heavy (non-hydrogen) atoms. The molecular weight excluding hydrogens is 1210 g/mol. The molecule has 9 nitrogen and oxygen atoms in total. The number of carbonyl (C=O) groups is 3. The number of hydrogen-bond donors (Lipinski definition) is 0. The van der Waals surface area contributed by atoms with Crippen molar-refractivity contribution < 1.29 is 42.8 Å². The van der Waals surface area contributed by atoms with Crippen molar-refractivity contribution in [2.24, 2.45) is 0 Å². The van der Waals surface area contributed by atoms with Crippen LogP contribution in [0.25, 0.3) is 0 Å². The third kappa shape index (κ3) is 18.1. The summed E-state index contributed by atoms with van der Waals surface area (Å²) in [6, 6.07) is 100. The van der Waals surface area contributed by atoms with Crippen LogP contribution >= 0.6 is 0 Å². The van der Waals surface area contributed by atoms with Crippen molar-refractivity contribution in [3.05, 3.63) is 400 Å². The lowest BCUT2D eigenvalue weighted by Crippen LogP contribution is -2.01. The fourth-order valence-corrected chi connectivity index (χ4v) is 9.95. The van der Waals surface area contributed by atoms with Gasteiger partial charge < -0.3 is 28.4 Å². The summed E-state index contributed by atoms with van der Waals surface area (Å²) in [4.78, 5) is 39.4. The van der Waals surface area contributed by atoms with Gasteiger partial charge in [0.2, 0.25) is 0 Å². The molecule has 0 saturated carbocycles. The molecule has 9 heteroatoms. The van der Waals surface area contributed by atoms with Crippen molar-refractivity contribution in [2.45, 2.75) is 6.92 Å². The SMILES string of the molecule is COc1cccc(C#Cc2cccc(Oc3ccc(C(=O)c4ccc(Oc5cccc(Oc6ccc(C(=O)c7ccc(Oc8cccc(C#Cc9ccccc9)c8)cc7)cc6)c5)cc4)cc3)c2)c1.Cc1ccc(C(=O)c2ccc(Oc3cccc(C#Cc4ccccc4)c3)cc2)cc1. The molecule has 13 aromatic rings. The number of benzene rings is 13. The Kier molecular flexibility index (Phi) is 20.9. The number of ether oxygens (including phenoxy) is 6. The average Bonchev–Trinajstić information content (AvgIpc) is 0.900. The monoisotopic (exact) mass is 1270 g/mol. The van der Waals surface area contributed by atoms with Crippen LogP contribution in [0.3, 0.4) is 0 Å². The highest BCUT2D eigenvalue weighted by Crippen LogP contribution is 2.32. The molecule has 470 valence electrons. The molecule has 0 bridgehead atoms. The molecule has 0 aliphatic carbocycles. The van der Waals surface area contributed by atoms with Gasteiger partial charge in [0.1, 0.15) is 63.2 Å². The highest BCUT2D eigenvalue weighted by atomic mass is 16.5. The van der Waals surface area contributed by atoms with Crippen LogP contribution in [-0.2, 0) is 0 Å². The summed E-state index contributed by atoms with van der Waals surface area (Å²) < 4.78 is 35.6. The van der Waals surface area contributed by atoms with Gasteiger partial charge in [0, 0.05) is 72.8 Å². The first-order valence-corrected chi connectivity index (χ1v) is 31.4. The molecule has 0 heterocycles.